The molecule has 2 aromatic heterocycles. The first-order chi connectivity index (χ1) is 29.7. The van der Waals surface area contributed by atoms with Crippen LogP contribution in [0.4, 0.5) is 9.93 Å². The Morgan fingerprint density at radius 2 is 1.87 bits per heavy atom. The molecular formula is C45H60N8O8S. The van der Waals surface area contributed by atoms with Crippen molar-refractivity contribution in [1.82, 2.24) is 35.7 Å². The van der Waals surface area contributed by atoms with Gasteiger partial charge in [0.25, 0.3) is 0 Å². The van der Waals surface area contributed by atoms with Gasteiger partial charge in [0.1, 0.15) is 40.9 Å². The number of anilines is 1. The second kappa shape index (κ2) is 19.3. The molecule has 3 aromatic rings. The van der Waals surface area contributed by atoms with Gasteiger partial charge in [0.15, 0.2) is 5.13 Å². The number of fused-ring (bicyclic) bond motifs is 3. The van der Waals surface area contributed by atoms with Gasteiger partial charge < -0.3 is 45.6 Å². The minimum absolute atomic E-state index is 0.000272. The normalized spacial score (nSPS) is 25.6. The number of nitrogens with zero attached hydrogens (tertiary/aromatic N) is 4. The molecule has 0 radical (unpaired) electrons. The van der Waals surface area contributed by atoms with E-state index in [4.69, 9.17) is 19.4 Å². The summed E-state index contributed by atoms with van der Waals surface area (Å²) < 4.78 is 12.3. The van der Waals surface area contributed by atoms with Gasteiger partial charge in [-0.2, -0.15) is 0 Å². The molecule has 1 unspecified atom stereocenters. The number of amides is 5. The Balaban J connectivity index is 1.18. The maximum Gasteiger partial charge on any atom is 0.330 e. The second-order valence-electron chi connectivity index (χ2n) is 17.7. The third-order valence-electron chi connectivity index (χ3n) is 12.3. The van der Waals surface area contributed by atoms with E-state index in [0.29, 0.717) is 66.1 Å². The number of carboxylic acids is 1. The number of nitrogens with one attached hydrogen (secondary N) is 4. The van der Waals surface area contributed by atoms with Crippen molar-refractivity contribution < 1.29 is 38.6 Å². The molecule has 6 atom stereocenters. The van der Waals surface area contributed by atoms with E-state index >= 15 is 0 Å². The number of carbonyl (C=O) groups excluding carboxylic acids is 4. The molecule has 1 saturated carbocycles. The summed E-state index contributed by atoms with van der Waals surface area (Å²) in [7, 11) is 1.58. The average Bonchev–Trinajstić information content (AvgIpc) is 3.49. The quantitative estimate of drug-likeness (QED) is 0.139. The highest BCUT2D eigenvalue weighted by Gasteiger charge is 2.61. The molecule has 1 aromatic carbocycles. The summed E-state index contributed by atoms with van der Waals surface area (Å²) in [5.74, 6) is -1.41. The summed E-state index contributed by atoms with van der Waals surface area (Å²) in [6.07, 6.45) is 9.00. The number of allylic oxidation sites excluding steroid dienone is 1. The monoisotopic (exact) mass is 872 g/mol. The highest BCUT2D eigenvalue weighted by molar-refractivity contribution is 7.14. The molecule has 4 aliphatic rings. The third-order valence-corrected chi connectivity index (χ3v) is 13.1. The zero-order valence-corrected chi connectivity index (χ0v) is 37.1. The molecule has 3 fully saturated rings. The number of benzene rings is 1. The average molecular weight is 873 g/mol. The largest absolute Gasteiger partial charge is 0.497 e. The van der Waals surface area contributed by atoms with Crippen molar-refractivity contribution in [2.24, 2.45) is 11.8 Å². The summed E-state index contributed by atoms with van der Waals surface area (Å²) in [5, 5.41) is 25.9. The van der Waals surface area contributed by atoms with Crippen LogP contribution in [0.25, 0.3) is 22.3 Å². The number of pyridine rings is 1. The highest BCUT2D eigenvalue weighted by Crippen LogP contribution is 2.45. The lowest BCUT2D eigenvalue weighted by Crippen LogP contribution is -2.58. The van der Waals surface area contributed by atoms with E-state index < -0.39 is 47.5 Å². The van der Waals surface area contributed by atoms with Crippen LogP contribution in [-0.4, -0.2) is 117 Å². The summed E-state index contributed by atoms with van der Waals surface area (Å²) in [6, 6.07) is 4.48. The maximum absolute atomic E-state index is 14.9. The molecule has 5 amide bonds. The number of thiazole rings is 1. The second-order valence-corrected chi connectivity index (χ2v) is 18.5. The van der Waals surface area contributed by atoms with Crippen LogP contribution in [0, 0.1) is 11.8 Å². The molecule has 17 heteroatoms. The van der Waals surface area contributed by atoms with Crippen molar-refractivity contribution in [1.29, 1.82) is 0 Å². The van der Waals surface area contributed by atoms with Gasteiger partial charge in [-0.25, -0.2) is 19.6 Å². The summed E-state index contributed by atoms with van der Waals surface area (Å²) in [4.78, 5) is 81.3. The van der Waals surface area contributed by atoms with E-state index in [1.165, 1.54) is 16.2 Å². The van der Waals surface area contributed by atoms with Crippen LogP contribution in [0.15, 0.2) is 41.8 Å². The first-order valence-corrected chi connectivity index (χ1v) is 22.9. The number of carboxylic acid groups (broad SMARTS) is 1. The molecule has 5 N–H and O–H groups in total. The zero-order chi connectivity index (χ0) is 44.1. The molecule has 62 heavy (non-hydrogen) atoms. The predicted molar refractivity (Wildman–Crippen MR) is 236 cm³/mol. The number of aromatic nitrogens is 2. The Bertz CT molecular complexity index is 2180. The molecule has 5 heterocycles. The lowest BCUT2D eigenvalue weighted by Gasteiger charge is -2.33. The van der Waals surface area contributed by atoms with Gasteiger partial charge in [0.2, 0.25) is 17.7 Å². The highest BCUT2D eigenvalue weighted by atomic mass is 32.1. The Hall–Kier alpha value is -5.45. The third kappa shape index (κ3) is 10.2. The smallest absolute Gasteiger partial charge is 0.330 e. The van der Waals surface area contributed by atoms with E-state index in [0.717, 1.165) is 37.2 Å². The number of likely N-dealkylation sites (tertiary alicyclic amines) is 1. The Morgan fingerprint density at radius 1 is 1.05 bits per heavy atom. The molecule has 334 valence electrons. The van der Waals surface area contributed by atoms with E-state index in [1.807, 2.05) is 57.4 Å². The van der Waals surface area contributed by atoms with Crippen LogP contribution in [0.3, 0.4) is 0 Å². The van der Waals surface area contributed by atoms with Crippen LogP contribution in [-0.2, 0) is 19.2 Å². The van der Waals surface area contributed by atoms with E-state index in [9.17, 15) is 29.1 Å². The molecule has 0 bridgehead atoms. The number of ether oxygens (including phenoxy) is 2. The van der Waals surface area contributed by atoms with Gasteiger partial charge in [-0.1, -0.05) is 38.8 Å². The number of piperidine rings is 1. The molecule has 2 saturated heterocycles. The fourth-order valence-corrected chi connectivity index (χ4v) is 9.50. The van der Waals surface area contributed by atoms with Gasteiger partial charge >= 0.3 is 12.0 Å². The van der Waals surface area contributed by atoms with Gasteiger partial charge in [-0.3, -0.25) is 14.4 Å². The standard InChI is InChI=1S/C45H60N8O8S/c1-26(2)35(24-52-18-12-11-15-39(52)54)49-43(59)48-32-14-10-8-6-7-9-13-28-22-45(28,42(57)58)51-40(55)37-20-30(23-53(37)41(32)56)61-38-21-34(36-25-62-44(50-36)46-27(3)4)47-33-19-29(60-5)16-17-31(33)38/h9,13,16-17,19,21,25-28,30,32,35,37H,6-8,10-12,14-15,18,20,22-24H2,1-5H3,(H,46,50)(H,51,55)(H,57,58)(H2,48,49,59)/b13-9-/t28?,30-,32+,35-,37+,45-/m1/s1. The molecule has 3 aliphatic heterocycles. The van der Waals surface area contributed by atoms with Crippen LogP contribution in [0.5, 0.6) is 11.5 Å². The number of hydrogen-bond donors (Lipinski definition) is 5. The minimum Gasteiger partial charge on any atom is -0.497 e. The van der Waals surface area contributed by atoms with Crippen LogP contribution >= 0.6 is 11.3 Å². The van der Waals surface area contributed by atoms with Gasteiger partial charge in [0, 0.05) is 60.8 Å². The van der Waals surface area contributed by atoms with E-state index in [2.05, 4.69) is 21.3 Å². The van der Waals surface area contributed by atoms with Crippen LogP contribution in [0.1, 0.15) is 91.9 Å². The number of methoxy groups -OCH3 is 1. The number of carbonyl (C=O) groups is 5. The predicted octanol–water partition coefficient (Wildman–Crippen LogP) is 5.72. The fraction of sp³-hybridized carbons (Fsp3) is 0.578. The van der Waals surface area contributed by atoms with Crippen molar-refractivity contribution in [2.75, 3.05) is 32.1 Å². The number of urea groups is 1. The van der Waals surface area contributed by atoms with Crippen LogP contribution < -0.4 is 30.7 Å². The molecule has 7 rings (SSSR count). The van der Waals surface area contributed by atoms with Crippen molar-refractivity contribution >= 4 is 57.1 Å². The first-order valence-electron chi connectivity index (χ1n) is 22.0. The van der Waals surface area contributed by atoms with Crippen molar-refractivity contribution in [2.45, 2.75) is 128 Å². The molecule has 0 spiro atoms. The Morgan fingerprint density at radius 3 is 2.61 bits per heavy atom. The van der Waals surface area contributed by atoms with E-state index in [-0.39, 0.29) is 49.2 Å². The van der Waals surface area contributed by atoms with Crippen molar-refractivity contribution in [3.63, 3.8) is 0 Å². The number of aliphatic carboxylic acids is 1. The molecule has 1 aliphatic carbocycles. The fourth-order valence-electron chi connectivity index (χ4n) is 8.65. The lowest BCUT2D eigenvalue weighted by molar-refractivity contribution is -0.145. The van der Waals surface area contributed by atoms with Crippen molar-refractivity contribution in [3.05, 3.63) is 41.8 Å². The van der Waals surface area contributed by atoms with Gasteiger partial charge in [-0.05, 0) is 70.4 Å². The summed E-state index contributed by atoms with van der Waals surface area (Å²) >= 11 is 1.46. The minimum atomic E-state index is -1.48. The molecule has 16 nitrogen and oxygen atoms in total. The van der Waals surface area contributed by atoms with Gasteiger partial charge in [-0.15, -0.1) is 11.3 Å². The van der Waals surface area contributed by atoms with E-state index in [1.54, 1.807) is 24.1 Å². The molecular weight excluding hydrogens is 813 g/mol. The summed E-state index contributed by atoms with van der Waals surface area (Å²) in [5.41, 5.74) is 0.321. The maximum atomic E-state index is 14.9. The SMILES string of the molecule is COc1ccc2c(O[C@@H]3C[C@H]4C(=O)N[C@]5(C(=O)O)CC5/C=C\CCCCC[C@H](NC(=O)N[C@H](CN5CCCCC5=O)C(C)C)C(=O)N4C3)cc(-c3csc(NC(C)C)n3)nc2c1. The van der Waals surface area contributed by atoms with Gasteiger partial charge in [0.05, 0.1) is 30.9 Å². The summed E-state index contributed by atoms with van der Waals surface area (Å²) in [6.45, 7) is 9.04. The number of hydrogen-bond acceptors (Lipinski definition) is 11. The zero-order valence-electron chi connectivity index (χ0n) is 36.3. The first kappa shape index (κ1) is 44.6. The Labute approximate surface area is 366 Å². The Kier molecular flexibility index (Phi) is 13.9. The van der Waals surface area contributed by atoms with Crippen LogP contribution in [0.2, 0.25) is 0 Å². The van der Waals surface area contributed by atoms with Crippen molar-refractivity contribution in [3.8, 4) is 22.9 Å². The lowest BCUT2D eigenvalue weighted by atomic mass is 10.0. The topological polar surface area (TPSA) is 204 Å². The number of rotatable bonds is 12.